The Labute approximate surface area is 136 Å². The van der Waals surface area contributed by atoms with Crippen LogP contribution in [0.5, 0.6) is 5.75 Å². The van der Waals surface area contributed by atoms with Gasteiger partial charge in [-0.2, -0.15) is 0 Å². The third kappa shape index (κ3) is 4.04. The molecule has 0 fully saturated rings. The molecule has 1 N–H and O–H groups in total. The second kappa shape index (κ2) is 7.19. The topological polar surface area (TPSA) is 111 Å². The molecule has 0 saturated heterocycles. The average Bonchev–Trinajstić information content (AvgIpc) is 2.51. The molecule has 2 rings (SSSR count). The van der Waals surface area contributed by atoms with Crippen LogP contribution in [0.2, 0.25) is 0 Å². The summed E-state index contributed by atoms with van der Waals surface area (Å²) in [5.74, 6) is -0.949. The van der Waals surface area contributed by atoms with Gasteiger partial charge >= 0.3 is 5.63 Å². The van der Waals surface area contributed by atoms with E-state index in [1.165, 1.54) is 37.3 Å². The van der Waals surface area contributed by atoms with E-state index in [0.29, 0.717) is 5.56 Å². The molecule has 122 valence electrons. The first-order valence-electron chi connectivity index (χ1n) is 6.85. The minimum atomic E-state index is -0.912. The Bertz CT molecular complexity index is 908. The number of nitro groups is 1. The molecule has 1 aromatic heterocycles. The van der Waals surface area contributed by atoms with Gasteiger partial charge in [-0.05, 0) is 18.6 Å². The van der Waals surface area contributed by atoms with Crippen LogP contribution in [-0.4, -0.2) is 15.8 Å². The molecular weight excluding hydrogens is 314 g/mol. The van der Waals surface area contributed by atoms with Gasteiger partial charge in [-0.1, -0.05) is 30.4 Å². The first kappa shape index (κ1) is 16.9. The molecule has 0 saturated carbocycles. The maximum Gasteiger partial charge on any atom is 0.351 e. The van der Waals surface area contributed by atoms with E-state index >= 15 is 0 Å². The Balaban J connectivity index is 2.14. The summed E-state index contributed by atoms with van der Waals surface area (Å²) in [6.45, 7) is 1.48. The number of aromatic hydroxyl groups is 1. The monoisotopic (exact) mass is 327 g/mol. The zero-order valence-corrected chi connectivity index (χ0v) is 12.6. The summed E-state index contributed by atoms with van der Waals surface area (Å²) in [4.78, 5) is 33.7. The maximum absolute atomic E-state index is 11.9. The molecular formula is C17H13NO6. The largest absolute Gasteiger partial charge is 0.507 e. The van der Waals surface area contributed by atoms with Gasteiger partial charge in [-0.15, -0.1) is 0 Å². The van der Waals surface area contributed by atoms with Crippen molar-refractivity contribution in [3.8, 4) is 5.75 Å². The number of carbonyl (C=O) groups is 1. The van der Waals surface area contributed by atoms with Crippen LogP contribution < -0.4 is 5.63 Å². The molecule has 7 heteroatoms. The Kier molecular flexibility index (Phi) is 5.06. The first-order chi connectivity index (χ1) is 11.4. The highest BCUT2D eigenvalue weighted by Gasteiger charge is 2.15. The summed E-state index contributed by atoms with van der Waals surface area (Å²) < 4.78 is 4.77. The summed E-state index contributed by atoms with van der Waals surface area (Å²) in [5.41, 5.74) is -0.816. The normalized spacial score (nSPS) is 11.2. The van der Waals surface area contributed by atoms with Crippen LogP contribution in [0.1, 0.15) is 21.7 Å². The lowest BCUT2D eigenvalue weighted by molar-refractivity contribution is -0.384. The molecule has 0 aliphatic carbocycles. The number of nitrogens with zero attached hydrogens (tertiary/aromatic N) is 1. The van der Waals surface area contributed by atoms with Crippen LogP contribution in [0, 0.1) is 17.0 Å². The van der Waals surface area contributed by atoms with E-state index in [1.807, 2.05) is 0 Å². The van der Waals surface area contributed by atoms with E-state index in [2.05, 4.69) is 0 Å². The molecule has 0 radical (unpaired) electrons. The number of aryl methyl sites for hydroxylation is 1. The number of nitro benzene ring substituents is 1. The van der Waals surface area contributed by atoms with Gasteiger partial charge in [0, 0.05) is 18.2 Å². The van der Waals surface area contributed by atoms with Gasteiger partial charge < -0.3 is 9.52 Å². The fourth-order valence-electron chi connectivity index (χ4n) is 1.96. The number of non-ortho nitro benzene ring substituents is 1. The van der Waals surface area contributed by atoms with Crippen LogP contribution in [0.4, 0.5) is 5.69 Å². The second-order valence-electron chi connectivity index (χ2n) is 4.84. The fourth-order valence-corrected chi connectivity index (χ4v) is 1.96. The van der Waals surface area contributed by atoms with E-state index in [1.54, 1.807) is 18.2 Å². The standard InChI is InChI=1S/C17H13NO6/c1-11-9-15(20)16(17(21)24-11)14(19)8-3-2-5-12-6-4-7-13(10-12)18(22)23/h2-10,20H,1H3/b5-2+,8-3+. The van der Waals surface area contributed by atoms with Crippen molar-refractivity contribution in [1.29, 1.82) is 0 Å². The van der Waals surface area contributed by atoms with E-state index in [-0.39, 0.29) is 11.4 Å². The second-order valence-corrected chi connectivity index (χ2v) is 4.84. The molecule has 0 spiro atoms. The van der Waals surface area contributed by atoms with Gasteiger partial charge in [0.25, 0.3) is 5.69 Å². The zero-order valence-electron chi connectivity index (χ0n) is 12.6. The number of allylic oxidation sites excluding steroid dienone is 3. The van der Waals surface area contributed by atoms with Crippen molar-refractivity contribution in [3.05, 3.63) is 86.0 Å². The van der Waals surface area contributed by atoms with Crippen molar-refractivity contribution in [2.24, 2.45) is 0 Å². The number of ketones is 1. The summed E-state index contributed by atoms with van der Waals surface area (Å²) in [6.07, 6.45) is 5.51. The van der Waals surface area contributed by atoms with E-state index in [0.717, 1.165) is 6.08 Å². The van der Waals surface area contributed by atoms with Crippen LogP contribution in [0.3, 0.4) is 0 Å². The molecule has 24 heavy (non-hydrogen) atoms. The Hall–Kier alpha value is -3.48. The molecule has 0 aliphatic heterocycles. The highest BCUT2D eigenvalue weighted by atomic mass is 16.6. The van der Waals surface area contributed by atoms with E-state index in [9.17, 15) is 24.8 Å². The fraction of sp³-hybridized carbons (Fsp3) is 0.0588. The SMILES string of the molecule is Cc1cc(O)c(C(=O)/C=C/C=C/c2cccc([N+](=O)[O-])c2)c(=O)o1. The summed E-state index contributed by atoms with van der Waals surface area (Å²) in [7, 11) is 0. The summed E-state index contributed by atoms with van der Waals surface area (Å²) >= 11 is 0. The van der Waals surface area contributed by atoms with E-state index < -0.39 is 27.6 Å². The molecule has 7 nitrogen and oxygen atoms in total. The number of rotatable bonds is 5. The maximum atomic E-state index is 11.9. The molecule has 0 amide bonds. The number of carbonyl (C=O) groups excluding carboxylic acids is 1. The van der Waals surface area contributed by atoms with Gasteiger partial charge in [-0.3, -0.25) is 14.9 Å². The smallest absolute Gasteiger partial charge is 0.351 e. The lowest BCUT2D eigenvalue weighted by Gasteiger charge is -1.99. The third-order valence-corrected chi connectivity index (χ3v) is 3.03. The highest BCUT2D eigenvalue weighted by molar-refractivity contribution is 6.06. The van der Waals surface area contributed by atoms with Gasteiger partial charge in [0.1, 0.15) is 17.1 Å². The summed E-state index contributed by atoms with van der Waals surface area (Å²) in [6, 6.07) is 7.14. The predicted molar refractivity (Wildman–Crippen MR) is 87.0 cm³/mol. The van der Waals surface area contributed by atoms with Crippen LogP contribution in [-0.2, 0) is 0 Å². The molecule has 0 bridgehead atoms. The Morgan fingerprint density at radius 1 is 1.29 bits per heavy atom. The number of hydrogen-bond donors (Lipinski definition) is 1. The van der Waals surface area contributed by atoms with Gasteiger partial charge in [0.05, 0.1) is 4.92 Å². The lowest BCUT2D eigenvalue weighted by Crippen LogP contribution is -2.12. The van der Waals surface area contributed by atoms with Crippen molar-refractivity contribution in [2.75, 3.05) is 0 Å². The molecule has 0 aliphatic rings. The third-order valence-electron chi connectivity index (χ3n) is 3.03. The van der Waals surface area contributed by atoms with Crippen molar-refractivity contribution in [1.82, 2.24) is 0 Å². The van der Waals surface area contributed by atoms with Crippen molar-refractivity contribution < 1.29 is 19.2 Å². The number of hydrogen-bond acceptors (Lipinski definition) is 6. The minimum Gasteiger partial charge on any atom is -0.507 e. The predicted octanol–water partition coefficient (Wildman–Crippen LogP) is 3.01. The Morgan fingerprint density at radius 2 is 2.04 bits per heavy atom. The van der Waals surface area contributed by atoms with Crippen LogP contribution >= 0.6 is 0 Å². The quantitative estimate of drug-likeness (QED) is 0.297. The molecule has 1 aromatic carbocycles. The van der Waals surface area contributed by atoms with E-state index in [4.69, 9.17) is 4.42 Å². The van der Waals surface area contributed by atoms with Crippen LogP contribution in [0.25, 0.3) is 6.08 Å². The molecule has 0 unspecified atom stereocenters. The van der Waals surface area contributed by atoms with Gasteiger partial charge in [0.2, 0.25) is 0 Å². The Morgan fingerprint density at radius 3 is 2.71 bits per heavy atom. The molecule has 0 atom stereocenters. The summed E-state index contributed by atoms with van der Waals surface area (Å²) in [5, 5.41) is 20.3. The van der Waals surface area contributed by atoms with Crippen molar-refractivity contribution >= 4 is 17.5 Å². The average molecular weight is 327 g/mol. The number of benzene rings is 1. The first-order valence-corrected chi connectivity index (χ1v) is 6.85. The lowest BCUT2D eigenvalue weighted by atomic mass is 10.1. The minimum absolute atomic E-state index is 0.0422. The van der Waals surface area contributed by atoms with Crippen molar-refractivity contribution in [3.63, 3.8) is 0 Å². The zero-order chi connectivity index (χ0) is 17.7. The van der Waals surface area contributed by atoms with Crippen molar-refractivity contribution in [2.45, 2.75) is 6.92 Å². The van der Waals surface area contributed by atoms with Gasteiger partial charge in [-0.25, -0.2) is 4.79 Å². The molecule has 2 aromatic rings. The van der Waals surface area contributed by atoms with Gasteiger partial charge in [0.15, 0.2) is 5.78 Å². The molecule has 1 heterocycles. The van der Waals surface area contributed by atoms with Crippen LogP contribution in [0.15, 0.2) is 57.8 Å². The highest BCUT2D eigenvalue weighted by Crippen LogP contribution is 2.16.